The molecule has 0 saturated heterocycles. The van der Waals surface area contributed by atoms with Crippen molar-refractivity contribution >= 4 is 12.2 Å². The number of rotatable bonds is 1. The summed E-state index contributed by atoms with van der Waals surface area (Å²) in [6.07, 6.45) is 1.90. The molecule has 0 saturated carbocycles. The second kappa shape index (κ2) is 4.06. The van der Waals surface area contributed by atoms with Crippen LogP contribution in [-0.2, 0) is 12.8 Å². The van der Waals surface area contributed by atoms with Crippen LogP contribution in [0, 0.1) is 4.77 Å². The molecule has 0 aliphatic carbocycles. The number of nitrogens with one attached hydrogen (secondary N) is 2. The van der Waals surface area contributed by atoms with Gasteiger partial charge < -0.3 is 15.0 Å². The van der Waals surface area contributed by atoms with Crippen molar-refractivity contribution in [3.63, 3.8) is 0 Å². The standard InChI is InChI=1S/C9H13N3OS/c1-13-8-6-2-4-10-5-3-7(6)11-9(14)12-8/h10H,2-5H2,1H3,(H,11,12,14). The number of hydrogen-bond acceptors (Lipinski definition) is 4. The Balaban J connectivity index is 2.52. The van der Waals surface area contributed by atoms with Crippen molar-refractivity contribution in [1.29, 1.82) is 0 Å². The summed E-state index contributed by atoms with van der Waals surface area (Å²) < 4.78 is 5.73. The lowest BCUT2D eigenvalue weighted by atomic mass is 10.1. The molecule has 0 spiro atoms. The van der Waals surface area contributed by atoms with Crippen LogP contribution < -0.4 is 10.1 Å². The molecule has 0 bridgehead atoms. The number of hydrogen-bond donors (Lipinski definition) is 2. The van der Waals surface area contributed by atoms with Gasteiger partial charge in [0.05, 0.1) is 7.11 Å². The molecule has 0 unspecified atom stereocenters. The van der Waals surface area contributed by atoms with E-state index in [0.29, 0.717) is 10.7 Å². The van der Waals surface area contributed by atoms with Crippen molar-refractivity contribution in [3.8, 4) is 5.88 Å². The van der Waals surface area contributed by atoms with Crippen molar-refractivity contribution in [2.45, 2.75) is 12.8 Å². The van der Waals surface area contributed by atoms with Crippen molar-refractivity contribution in [2.24, 2.45) is 0 Å². The topological polar surface area (TPSA) is 49.9 Å². The molecule has 2 heterocycles. The van der Waals surface area contributed by atoms with Gasteiger partial charge in [-0.05, 0) is 25.2 Å². The molecule has 4 nitrogen and oxygen atoms in total. The van der Waals surface area contributed by atoms with E-state index in [-0.39, 0.29) is 0 Å². The molecule has 0 radical (unpaired) electrons. The van der Waals surface area contributed by atoms with Crippen molar-refractivity contribution < 1.29 is 4.74 Å². The van der Waals surface area contributed by atoms with E-state index in [2.05, 4.69) is 15.3 Å². The molecule has 14 heavy (non-hydrogen) atoms. The number of nitrogens with zero attached hydrogens (tertiary/aromatic N) is 1. The zero-order valence-electron chi connectivity index (χ0n) is 8.09. The van der Waals surface area contributed by atoms with Crippen LogP contribution in [0.4, 0.5) is 0 Å². The molecule has 0 amide bonds. The first kappa shape index (κ1) is 9.61. The summed E-state index contributed by atoms with van der Waals surface area (Å²) in [5.41, 5.74) is 2.32. The average Bonchev–Trinajstić information content (AvgIpc) is 2.41. The molecule has 0 fully saturated rings. The number of aromatic nitrogens is 2. The minimum Gasteiger partial charge on any atom is -0.481 e. The summed E-state index contributed by atoms with van der Waals surface area (Å²) in [6, 6.07) is 0. The van der Waals surface area contributed by atoms with Gasteiger partial charge in [-0.3, -0.25) is 0 Å². The Morgan fingerprint density at radius 1 is 1.36 bits per heavy atom. The zero-order chi connectivity index (χ0) is 9.97. The summed E-state index contributed by atoms with van der Waals surface area (Å²) in [4.78, 5) is 7.28. The Bertz CT molecular complexity index is 388. The largest absolute Gasteiger partial charge is 0.481 e. The monoisotopic (exact) mass is 211 g/mol. The number of aromatic amines is 1. The molecular formula is C9H13N3OS. The van der Waals surface area contributed by atoms with Crippen molar-refractivity contribution in [3.05, 3.63) is 16.0 Å². The van der Waals surface area contributed by atoms with Gasteiger partial charge in [-0.2, -0.15) is 4.98 Å². The maximum Gasteiger partial charge on any atom is 0.220 e. The van der Waals surface area contributed by atoms with Gasteiger partial charge in [0, 0.05) is 24.2 Å². The van der Waals surface area contributed by atoms with Crippen LogP contribution in [0.3, 0.4) is 0 Å². The Hall–Kier alpha value is -0.940. The van der Waals surface area contributed by atoms with Crippen LogP contribution in [0.2, 0.25) is 0 Å². The smallest absolute Gasteiger partial charge is 0.220 e. The minimum absolute atomic E-state index is 0.502. The molecule has 5 heteroatoms. The van der Waals surface area contributed by atoms with E-state index in [4.69, 9.17) is 17.0 Å². The van der Waals surface area contributed by atoms with Gasteiger partial charge in [-0.25, -0.2) is 0 Å². The Labute approximate surface area is 87.7 Å². The molecule has 1 aromatic rings. The van der Waals surface area contributed by atoms with E-state index >= 15 is 0 Å². The molecule has 0 aromatic carbocycles. The van der Waals surface area contributed by atoms with Crippen LogP contribution in [0.5, 0.6) is 5.88 Å². The summed E-state index contributed by atoms with van der Waals surface area (Å²) in [5, 5.41) is 3.33. The normalized spacial score (nSPS) is 15.8. The van der Waals surface area contributed by atoms with Gasteiger partial charge in [-0.15, -0.1) is 0 Å². The summed E-state index contributed by atoms with van der Waals surface area (Å²) in [7, 11) is 1.63. The quantitative estimate of drug-likeness (QED) is 0.676. The van der Waals surface area contributed by atoms with Crippen LogP contribution >= 0.6 is 12.2 Å². The van der Waals surface area contributed by atoms with Gasteiger partial charge >= 0.3 is 0 Å². The first-order valence-corrected chi connectivity index (χ1v) is 5.09. The maximum atomic E-state index is 5.22. The molecule has 2 rings (SSSR count). The van der Waals surface area contributed by atoms with Gasteiger partial charge in [0.15, 0.2) is 4.77 Å². The molecule has 2 N–H and O–H groups in total. The predicted molar refractivity (Wildman–Crippen MR) is 56.3 cm³/mol. The SMILES string of the molecule is COc1nc(=S)[nH]c2c1CCNCC2. The lowest BCUT2D eigenvalue weighted by Crippen LogP contribution is -2.16. The molecule has 1 aliphatic heterocycles. The van der Waals surface area contributed by atoms with E-state index in [0.717, 1.165) is 37.2 Å². The summed E-state index contributed by atoms with van der Waals surface area (Å²) in [6.45, 7) is 1.95. The van der Waals surface area contributed by atoms with Crippen LogP contribution in [0.15, 0.2) is 0 Å². The van der Waals surface area contributed by atoms with E-state index in [9.17, 15) is 0 Å². The number of ether oxygens (including phenoxy) is 1. The second-order valence-electron chi connectivity index (χ2n) is 3.26. The van der Waals surface area contributed by atoms with Crippen molar-refractivity contribution in [1.82, 2.24) is 15.3 Å². The summed E-state index contributed by atoms with van der Waals surface area (Å²) >= 11 is 5.03. The Morgan fingerprint density at radius 3 is 2.93 bits per heavy atom. The lowest BCUT2D eigenvalue weighted by molar-refractivity contribution is 0.390. The molecule has 1 aliphatic rings. The minimum atomic E-state index is 0.502. The zero-order valence-corrected chi connectivity index (χ0v) is 8.91. The van der Waals surface area contributed by atoms with Gasteiger partial charge in [0.25, 0.3) is 0 Å². The first-order chi connectivity index (χ1) is 6.81. The highest BCUT2D eigenvalue weighted by Crippen LogP contribution is 2.19. The number of methoxy groups -OCH3 is 1. The fourth-order valence-corrected chi connectivity index (χ4v) is 1.92. The van der Waals surface area contributed by atoms with E-state index in [1.54, 1.807) is 7.11 Å². The maximum absolute atomic E-state index is 5.22. The van der Waals surface area contributed by atoms with Gasteiger partial charge in [0.1, 0.15) is 0 Å². The number of H-pyrrole nitrogens is 1. The predicted octanol–water partition coefficient (Wildman–Crippen LogP) is 0.836. The van der Waals surface area contributed by atoms with Crippen LogP contribution in [0.25, 0.3) is 0 Å². The molecular weight excluding hydrogens is 198 g/mol. The Kier molecular flexibility index (Phi) is 2.79. The fraction of sp³-hybridized carbons (Fsp3) is 0.556. The molecule has 1 aromatic heterocycles. The lowest BCUT2D eigenvalue weighted by Gasteiger charge is -2.08. The van der Waals surface area contributed by atoms with E-state index in [1.165, 1.54) is 0 Å². The fourth-order valence-electron chi connectivity index (χ4n) is 1.71. The van der Waals surface area contributed by atoms with Gasteiger partial charge in [0.2, 0.25) is 5.88 Å². The van der Waals surface area contributed by atoms with Gasteiger partial charge in [-0.1, -0.05) is 0 Å². The average molecular weight is 211 g/mol. The third-order valence-electron chi connectivity index (χ3n) is 2.38. The van der Waals surface area contributed by atoms with E-state index in [1.807, 2.05) is 0 Å². The second-order valence-corrected chi connectivity index (χ2v) is 3.65. The Morgan fingerprint density at radius 2 is 2.14 bits per heavy atom. The highest BCUT2D eigenvalue weighted by molar-refractivity contribution is 7.71. The third-order valence-corrected chi connectivity index (χ3v) is 2.57. The third kappa shape index (κ3) is 1.78. The van der Waals surface area contributed by atoms with E-state index < -0.39 is 0 Å². The van der Waals surface area contributed by atoms with Crippen LogP contribution in [-0.4, -0.2) is 30.2 Å². The highest BCUT2D eigenvalue weighted by atomic mass is 32.1. The highest BCUT2D eigenvalue weighted by Gasteiger charge is 2.13. The van der Waals surface area contributed by atoms with Crippen molar-refractivity contribution in [2.75, 3.05) is 20.2 Å². The summed E-state index contributed by atoms with van der Waals surface area (Å²) in [5.74, 6) is 0.674. The van der Waals surface area contributed by atoms with Crippen LogP contribution in [0.1, 0.15) is 11.3 Å². The molecule has 0 atom stereocenters. The molecule has 76 valence electrons. The number of fused-ring (bicyclic) bond motifs is 1. The first-order valence-electron chi connectivity index (χ1n) is 4.68.